The predicted molar refractivity (Wildman–Crippen MR) is 202 cm³/mol. The number of benzene rings is 8. The fraction of sp³-hybridized carbons (Fsp3) is 0. The highest BCUT2D eigenvalue weighted by Crippen LogP contribution is 2.42. The zero-order valence-corrected chi connectivity index (χ0v) is 26.3. The summed E-state index contributed by atoms with van der Waals surface area (Å²) in [5.74, 6) is 0.889. The number of hydrogen-bond acceptors (Lipinski definition) is 2. The lowest BCUT2D eigenvalue weighted by atomic mass is 9.96. The molecule has 2 heteroatoms. The smallest absolute Gasteiger partial charge is 0.143 e. The summed E-state index contributed by atoms with van der Waals surface area (Å²) in [6.07, 6.45) is 0. The Hall–Kier alpha value is -6.38. The molecule has 0 atom stereocenters. The van der Waals surface area contributed by atoms with E-state index in [4.69, 9.17) is 4.42 Å². The molecule has 0 aliphatic heterocycles. The van der Waals surface area contributed by atoms with Gasteiger partial charge in [-0.05, 0) is 86.8 Å². The largest absolute Gasteiger partial charge is 0.455 e. The molecule has 0 unspecified atom stereocenters. The van der Waals surface area contributed by atoms with E-state index in [0.717, 1.165) is 61.6 Å². The second-order valence-electron chi connectivity index (χ2n) is 12.2. The fourth-order valence-electron chi connectivity index (χ4n) is 6.95. The van der Waals surface area contributed by atoms with Crippen LogP contribution in [-0.4, -0.2) is 0 Å². The van der Waals surface area contributed by atoms with Gasteiger partial charge in [0.2, 0.25) is 0 Å². The van der Waals surface area contributed by atoms with Crippen LogP contribution >= 0.6 is 0 Å². The predicted octanol–water partition coefficient (Wildman–Crippen LogP) is 13.2. The van der Waals surface area contributed by atoms with Crippen molar-refractivity contribution in [2.24, 2.45) is 0 Å². The second-order valence-corrected chi connectivity index (χ2v) is 12.2. The Bertz CT molecular complexity index is 2550. The Balaban J connectivity index is 1.11. The van der Waals surface area contributed by atoms with Gasteiger partial charge >= 0.3 is 0 Å². The van der Waals surface area contributed by atoms with E-state index in [1.165, 1.54) is 21.5 Å². The van der Waals surface area contributed by atoms with Crippen LogP contribution in [0.5, 0.6) is 0 Å². The molecule has 1 aromatic heterocycles. The molecule has 48 heavy (non-hydrogen) atoms. The molecule has 8 aromatic carbocycles. The molecule has 0 saturated heterocycles. The van der Waals surface area contributed by atoms with Crippen molar-refractivity contribution in [3.8, 4) is 33.6 Å². The molecule has 0 spiro atoms. The number of para-hydroxylation sites is 2. The number of hydrogen-bond donors (Lipinski definition) is 0. The van der Waals surface area contributed by atoms with Gasteiger partial charge in [-0.15, -0.1) is 0 Å². The van der Waals surface area contributed by atoms with Crippen LogP contribution in [0.4, 0.5) is 17.1 Å². The van der Waals surface area contributed by atoms with Crippen molar-refractivity contribution in [3.63, 3.8) is 0 Å². The summed E-state index contributed by atoms with van der Waals surface area (Å²) in [5.41, 5.74) is 9.85. The molecule has 0 fully saturated rings. The quantitative estimate of drug-likeness (QED) is 0.174. The van der Waals surface area contributed by atoms with Gasteiger partial charge in [0.1, 0.15) is 11.3 Å². The molecule has 0 radical (unpaired) electrons. The Kier molecular flexibility index (Phi) is 6.84. The Morgan fingerprint density at radius 1 is 0.333 bits per heavy atom. The molecule has 0 saturated carbocycles. The minimum atomic E-state index is 0.889. The molecule has 226 valence electrons. The second kappa shape index (κ2) is 11.8. The van der Waals surface area contributed by atoms with E-state index in [1.54, 1.807) is 0 Å². The van der Waals surface area contributed by atoms with Gasteiger partial charge in [0.25, 0.3) is 0 Å². The van der Waals surface area contributed by atoms with Crippen LogP contribution in [0.1, 0.15) is 0 Å². The summed E-state index contributed by atoms with van der Waals surface area (Å²) in [6, 6.07) is 66.8. The molecule has 9 rings (SSSR count). The topological polar surface area (TPSA) is 16.4 Å². The first kappa shape index (κ1) is 27.9. The first-order valence-electron chi connectivity index (χ1n) is 16.3. The van der Waals surface area contributed by atoms with Crippen molar-refractivity contribution >= 4 is 49.6 Å². The van der Waals surface area contributed by atoms with Crippen molar-refractivity contribution < 1.29 is 4.42 Å². The van der Waals surface area contributed by atoms with Gasteiger partial charge in [0, 0.05) is 33.6 Å². The number of rotatable bonds is 6. The van der Waals surface area contributed by atoms with Crippen LogP contribution in [0, 0.1) is 0 Å². The van der Waals surface area contributed by atoms with Gasteiger partial charge in [-0.2, -0.15) is 0 Å². The zero-order chi connectivity index (χ0) is 31.9. The normalized spacial score (nSPS) is 11.3. The molecular weight excluding hydrogens is 583 g/mol. The first-order valence-corrected chi connectivity index (χ1v) is 16.3. The van der Waals surface area contributed by atoms with Crippen LogP contribution in [0.15, 0.2) is 192 Å². The highest BCUT2D eigenvalue weighted by atomic mass is 16.3. The molecule has 0 aliphatic rings. The third-order valence-electron chi connectivity index (χ3n) is 9.24. The molecule has 0 bridgehead atoms. The van der Waals surface area contributed by atoms with Crippen LogP contribution < -0.4 is 4.90 Å². The lowest BCUT2D eigenvalue weighted by molar-refractivity contribution is 0.632. The molecule has 2 nitrogen and oxygen atoms in total. The SMILES string of the molecule is c1ccc(-c2c(-c3cccc(-c4ccc(N(c5ccccc5)c5ccc6c(ccc7ccccc76)c5)cc4)c3)oc3ccccc23)cc1. The van der Waals surface area contributed by atoms with E-state index in [2.05, 4.69) is 181 Å². The average Bonchev–Trinajstić information content (AvgIpc) is 3.56. The summed E-state index contributed by atoms with van der Waals surface area (Å²) < 4.78 is 6.53. The third kappa shape index (κ3) is 4.92. The maximum atomic E-state index is 6.53. The highest BCUT2D eigenvalue weighted by Gasteiger charge is 2.18. The summed E-state index contributed by atoms with van der Waals surface area (Å²) in [7, 11) is 0. The van der Waals surface area contributed by atoms with Crippen molar-refractivity contribution in [2.45, 2.75) is 0 Å². The van der Waals surface area contributed by atoms with Gasteiger partial charge < -0.3 is 9.32 Å². The number of fused-ring (bicyclic) bond motifs is 4. The lowest BCUT2D eigenvalue weighted by Gasteiger charge is -2.26. The first-order chi connectivity index (χ1) is 23.8. The fourth-order valence-corrected chi connectivity index (χ4v) is 6.95. The molecular formula is C46H31NO. The minimum absolute atomic E-state index is 0.889. The minimum Gasteiger partial charge on any atom is -0.455 e. The summed E-state index contributed by atoms with van der Waals surface area (Å²) in [4.78, 5) is 2.33. The number of nitrogens with zero attached hydrogens (tertiary/aromatic N) is 1. The van der Waals surface area contributed by atoms with Crippen LogP contribution in [0.2, 0.25) is 0 Å². The average molecular weight is 614 g/mol. The highest BCUT2D eigenvalue weighted by molar-refractivity contribution is 6.08. The van der Waals surface area contributed by atoms with E-state index in [-0.39, 0.29) is 0 Å². The van der Waals surface area contributed by atoms with Gasteiger partial charge in [-0.25, -0.2) is 0 Å². The lowest BCUT2D eigenvalue weighted by Crippen LogP contribution is -2.09. The van der Waals surface area contributed by atoms with Crippen LogP contribution in [0.3, 0.4) is 0 Å². The van der Waals surface area contributed by atoms with Crippen LogP contribution in [-0.2, 0) is 0 Å². The number of anilines is 3. The summed E-state index contributed by atoms with van der Waals surface area (Å²) >= 11 is 0. The summed E-state index contributed by atoms with van der Waals surface area (Å²) in [5, 5.41) is 6.14. The van der Waals surface area contributed by atoms with E-state index >= 15 is 0 Å². The molecule has 0 amide bonds. The van der Waals surface area contributed by atoms with Gasteiger partial charge in [-0.1, -0.05) is 140 Å². The standard InChI is InChI=1S/C46H31NO/c1-3-13-34(14-4-1)45-43-20-9-10-21-44(43)48-46(45)37-16-11-15-35(30-37)32-24-26-39(27-25-32)47(38-17-5-2-6-18-38)40-28-29-42-36(31-40)23-22-33-12-7-8-19-41(33)42/h1-31H. The molecule has 9 aromatic rings. The Labute approximate surface area is 279 Å². The molecule has 1 heterocycles. The monoisotopic (exact) mass is 613 g/mol. The van der Waals surface area contributed by atoms with E-state index in [0.29, 0.717) is 0 Å². The van der Waals surface area contributed by atoms with Crippen molar-refractivity contribution in [1.82, 2.24) is 0 Å². The van der Waals surface area contributed by atoms with Gasteiger partial charge in [-0.3, -0.25) is 0 Å². The number of furan rings is 1. The van der Waals surface area contributed by atoms with Gasteiger partial charge in [0.15, 0.2) is 0 Å². The molecule has 0 N–H and O–H groups in total. The summed E-state index contributed by atoms with van der Waals surface area (Å²) in [6.45, 7) is 0. The van der Waals surface area contributed by atoms with Crippen molar-refractivity contribution in [2.75, 3.05) is 4.90 Å². The van der Waals surface area contributed by atoms with Gasteiger partial charge in [0.05, 0.1) is 0 Å². The molecule has 0 aliphatic carbocycles. The van der Waals surface area contributed by atoms with E-state index in [9.17, 15) is 0 Å². The van der Waals surface area contributed by atoms with Crippen LogP contribution in [0.25, 0.3) is 66.1 Å². The zero-order valence-electron chi connectivity index (χ0n) is 26.3. The van der Waals surface area contributed by atoms with Crippen molar-refractivity contribution in [1.29, 1.82) is 0 Å². The third-order valence-corrected chi connectivity index (χ3v) is 9.24. The Morgan fingerprint density at radius 2 is 0.938 bits per heavy atom. The maximum Gasteiger partial charge on any atom is 0.143 e. The maximum absolute atomic E-state index is 6.53. The van der Waals surface area contributed by atoms with E-state index in [1.807, 2.05) is 12.1 Å². The van der Waals surface area contributed by atoms with Crippen molar-refractivity contribution in [3.05, 3.63) is 188 Å². The Morgan fingerprint density at radius 3 is 1.77 bits per heavy atom. The van der Waals surface area contributed by atoms with E-state index < -0.39 is 0 Å².